The van der Waals surface area contributed by atoms with Gasteiger partial charge in [0.15, 0.2) is 0 Å². The Kier molecular flexibility index (Phi) is 5.37. The van der Waals surface area contributed by atoms with Crippen LogP contribution in [0.5, 0.6) is 0 Å². The molecule has 2 nitrogen and oxygen atoms in total. The molecule has 0 aliphatic carbocycles. The summed E-state index contributed by atoms with van der Waals surface area (Å²) >= 11 is 1.59. The first-order chi connectivity index (χ1) is 7.97. The molecule has 0 spiro atoms. The Morgan fingerprint density at radius 1 is 1.59 bits per heavy atom. The van der Waals surface area contributed by atoms with Gasteiger partial charge in [0, 0.05) is 17.5 Å². The number of hydrogen-bond acceptors (Lipinski definition) is 3. The molecule has 1 heterocycles. The Bertz CT molecular complexity index is 332. The molecule has 0 aliphatic heterocycles. The van der Waals surface area contributed by atoms with E-state index in [1.54, 1.807) is 11.3 Å². The van der Waals surface area contributed by atoms with Gasteiger partial charge in [-0.3, -0.25) is 0 Å². The van der Waals surface area contributed by atoms with E-state index in [4.69, 9.17) is 0 Å². The van der Waals surface area contributed by atoms with Crippen molar-refractivity contribution in [2.45, 2.75) is 38.8 Å². The van der Waals surface area contributed by atoms with Crippen molar-refractivity contribution >= 4 is 11.3 Å². The molecule has 3 heteroatoms. The number of hydrogen-bond donors (Lipinski definition) is 2. The van der Waals surface area contributed by atoms with Gasteiger partial charge in [0.25, 0.3) is 0 Å². The second-order valence-electron chi connectivity index (χ2n) is 4.92. The third kappa shape index (κ3) is 4.26. The molecule has 3 atom stereocenters. The average molecular weight is 253 g/mol. The fourth-order valence-electron chi connectivity index (χ4n) is 1.70. The second-order valence-corrected chi connectivity index (χ2v) is 5.87. The number of allylic oxidation sites excluding steroid dienone is 1. The minimum Gasteiger partial charge on any atom is -0.383 e. The second kappa shape index (κ2) is 6.34. The Hall–Kier alpha value is -0.640. The van der Waals surface area contributed by atoms with Gasteiger partial charge in [-0.15, -0.1) is 17.9 Å². The maximum absolute atomic E-state index is 10.4. The first kappa shape index (κ1) is 14.4. The topological polar surface area (TPSA) is 32.3 Å². The Morgan fingerprint density at radius 2 is 2.29 bits per heavy atom. The van der Waals surface area contributed by atoms with Crippen LogP contribution >= 0.6 is 11.3 Å². The summed E-state index contributed by atoms with van der Waals surface area (Å²) in [6.07, 6.45) is 2.94. The number of thiophene rings is 1. The molecule has 0 fully saturated rings. The average Bonchev–Trinajstić information content (AvgIpc) is 2.80. The quantitative estimate of drug-likeness (QED) is 0.732. The lowest BCUT2D eigenvalue weighted by Crippen LogP contribution is -2.41. The highest BCUT2D eigenvalue weighted by atomic mass is 32.1. The van der Waals surface area contributed by atoms with E-state index in [1.165, 1.54) is 0 Å². The van der Waals surface area contributed by atoms with E-state index < -0.39 is 5.60 Å². The molecule has 0 unspecified atom stereocenters. The molecule has 1 aromatic heterocycles. The normalized spacial score (nSPS) is 18.4. The van der Waals surface area contributed by atoms with E-state index in [-0.39, 0.29) is 0 Å². The molecular weight excluding hydrogens is 230 g/mol. The Balaban J connectivity index is 2.47. The van der Waals surface area contributed by atoms with Gasteiger partial charge in [-0.2, -0.15) is 0 Å². The van der Waals surface area contributed by atoms with E-state index in [2.05, 4.69) is 25.7 Å². The van der Waals surface area contributed by atoms with E-state index in [9.17, 15) is 5.11 Å². The summed E-state index contributed by atoms with van der Waals surface area (Å²) in [7, 11) is 0. The molecule has 0 bridgehead atoms. The summed E-state index contributed by atoms with van der Waals surface area (Å²) in [6.45, 7) is 10.5. The SMILES string of the molecule is C=CC[C@H](C)[C@@H](C)NC[C@](C)(O)c1cccs1. The Morgan fingerprint density at radius 3 is 2.82 bits per heavy atom. The molecule has 96 valence electrons. The lowest BCUT2D eigenvalue weighted by atomic mass is 9.98. The van der Waals surface area contributed by atoms with Crippen molar-refractivity contribution in [2.75, 3.05) is 6.54 Å². The fourth-order valence-corrected chi connectivity index (χ4v) is 2.49. The van der Waals surface area contributed by atoms with E-state index in [1.807, 2.05) is 30.5 Å². The van der Waals surface area contributed by atoms with Crippen LogP contribution in [0, 0.1) is 5.92 Å². The van der Waals surface area contributed by atoms with E-state index >= 15 is 0 Å². The van der Waals surface area contributed by atoms with Crippen LogP contribution in [-0.2, 0) is 5.60 Å². The molecule has 0 amide bonds. The standard InChI is InChI=1S/C14H23NOS/c1-5-7-11(2)12(3)15-10-14(4,16)13-8-6-9-17-13/h5-6,8-9,11-12,15-16H,1,7,10H2,2-4H3/t11-,12+,14-/m0/s1. The molecule has 0 saturated heterocycles. The molecule has 0 aromatic carbocycles. The number of nitrogens with one attached hydrogen (secondary N) is 1. The van der Waals surface area contributed by atoms with Crippen molar-refractivity contribution in [2.24, 2.45) is 5.92 Å². The zero-order valence-corrected chi connectivity index (χ0v) is 11.8. The smallest absolute Gasteiger partial charge is 0.108 e. The maximum atomic E-state index is 10.4. The summed E-state index contributed by atoms with van der Waals surface area (Å²) in [5.41, 5.74) is -0.781. The first-order valence-electron chi connectivity index (χ1n) is 6.08. The largest absolute Gasteiger partial charge is 0.383 e. The highest BCUT2D eigenvalue weighted by Gasteiger charge is 2.25. The number of rotatable bonds is 7. The molecule has 0 saturated carbocycles. The first-order valence-corrected chi connectivity index (χ1v) is 6.96. The molecule has 17 heavy (non-hydrogen) atoms. The molecular formula is C14H23NOS. The van der Waals surface area contributed by atoms with E-state index in [0.29, 0.717) is 18.5 Å². The summed E-state index contributed by atoms with van der Waals surface area (Å²) in [6, 6.07) is 4.32. The molecule has 0 radical (unpaired) electrons. The van der Waals surface area contributed by atoms with Crippen molar-refractivity contribution in [1.82, 2.24) is 5.32 Å². The van der Waals surface area contributed by atoms with Gasteiger partial charge >= 0.3 is 0 Å². The van der Waals surface area contributed by atoms with Gasteiger partial charge in [-0.1, -0.05) is 19.1 Å². The fraction of sp³-hybridized carbons (Fsp3) is 0.571. The van der Waals surface area contributed by atoms with Crippen molar-refractivity contribution in [1.29, 1.82) is 0 Å². The monoisotopic (exact) mass is 253 g/mol. The molecule has 1 rings (SSSR count). The molecule has 0 aliphatic rings. The van der Waals surface area contributed by atoms with Crippen LogP contribution in [0.4, 0.5) is 0 Å². The van der Waals surface area contributed by atoms with Crippen molar-refractivity contribution in [3.63, 3.8) is 0 Å². The van der Waals surface area contributed by atoms with Gasteiger partial charge in [-0.25, -0.2) is 0 Å². The number of aliphatic hydroxyl groups is 1. The summed E-state index contributed by atoms with van der Waals surface area (Å²) in [4.78, 5) is 1.01. The zero-order chi connectivity index (χ0) is 12.9. The van der Waals surface area contributed by atoms with Crippen molar-refractivity contribution < 1.29 is 5.11 Å². The minimum atomic E-state index is -0.781. The maximum Gasteiger partial charge on any atom is 0.108 e. The highest BCUT2D eigenvalue weighted by Crippen LogP contribution is 2.24. The van der Waals surface area contributed by atoms with Crippen LogP contribution in [0.25, 0.3) is 0 Å². The van der Waals surface area contributed by atoms with Crippen LogP contribution < -0.4 is 5.32 Å². The van der Waals surface area contributed by atoms with Crippen LogP contribution in [0.15, 0.2) is 30.2 Å². The minimum absolute atomic E-state index is 0.374. The van der Waals surface area contributed by atoms with Crippen LogP contribution in [-0.4, -0.2) is 17.7 Å². The third-order valence-corrected chi connectivity index (χ3v) is 4.34. The van der Waals surface area contributed by atoms with Gasteiger partial charge in [0.1, 0.15) is 5.60 Å². The third-order valence-electron chi connectivity index (χ3n) is 3.21. The summed E-state index contributed by atoms with van der Waals surface area (Å²) in [5.74, 6) is 0.534. The van der Waals surface area contributed by atoms with Gasteiger partial charge in [0.05, 0.1) is 0 Å². The predicted molar refractivity (Wildman–Crippen MR) is 75.3 cm³/mol. The highest BCUT2D eigenvalue weighted by molar-refractivity contribution is 7.10. The van der Waals surface area contributed by atoms with Crippen LogP contribution in [0.1, 0.15) is 32.1 Å². The molecule has 1 aromatic rings. The van der Waals surface area contributed by atoms with Crippen LogP contribution in [0.2, 0.25) is 0 Å². The zero-order valence-electron chi connectivity index (χ0n) is 10.9. The lowest BCUT2D eigenvalue weighted by Gasteiger charge is -2.27. The van der Waals surface area contributed by atoms with Gasteiger partial charge in [0.2, 0.25) is 0 Å². The Labute approximate surface area is 108 Å². The van der Waals surface area contributed by atoms with Crippen LogP contribution in [0.3, 0.4) is 0 Å². The van der Waals surface area contributed by atoms with Crippen molar-refractivity contribution in [3.05, 3.63) is 35.0 Å². The van der Waals surface area contributed by atoms with E-state index in [0.717, 1.165) is 11.3 Å². The van der Waals surface area contributed by atoms with Crippen molar-refractivity contribution in [3.8, 4) is 0 Å². The van der Waals surface area contributed by atoms with Gasteiger partial charge < -0.3 is 10.4 Å². The van der Waals surface area contributed by atoms with Gasteiger partial charge in [-0.05, 0) is 37.6 Å². The summed E-state index contributed by atoms with van der Waals surface area (Å²) in [5, 5.41) is 15.8. The lowest BCUT2D eigenvalue weighted by molar-refractivity contribution is 0.0561. The predicted octanol–water partition coefficient (Wildman–Crippen LogP) is 3.15. The summed E-state index contributed by atoms with van der Waals surface area (Å²) < 4.78 is 0. The molecule has 2 N–H and O–H groups in total.